The SMILES string of the molecule is Cc1cc(-c2nc(CN)co2)ccc1[N+](=O)[O-]. The van der Waals surface area contributed by atoms with Gasteiger partial charge in [0.05, 0.1) is 10.6 Å². The highest BCUT2D eigenvalue weighted by atomic mass is 16.6. The second-order valence-corrected chi connectivity index (χ2v) is 3.61. The summed E-state index contributed by atoms with van der Waals surface area (Å²) in [6.45, 7) is 1.98. The van der Waals surface area contributed by atoms with E-state index < -0.39 is 4.92 Å². The number of nitrogens with two attached hydrogens (primary N) is 1. The zero-order valence-electron chi connectivity index (χ0n) is 9.21. The van der Waals surface area contributed by atoms with Gasteiger partial charge in [-0.2, -0.15) is 0 Å². The highest BCUT2D eigenvalue weighted by molar-refractivity contribution is 5.59. The molecule has 0 saturated heterocycles. The van der Waals surface area contributed by atoms with Crippen molar-refractivity contribution < 1.29 is 9.34 Å². The number of aromatic nitrogens is 1. The molecule has 0 atom stereocenters. The number of nitrogens with zero attached hydrogens (tertiary/aromatic N) is 2. The first kappa shape index (κ1) is 11.3. The lowest BCUT2D eigenvalue weighted by atomic mass is 10.1. The van der Waals surface area contributed by atoms with Crippen LogP contribution in [0.4, 0.5) is 5.69 Å². The molecule has 1 aromatic heterocycles. The first-order valence-electron chi connectivity index (χ1n) is 5.01. The largest absolute Gasteiger partial charge is 0.444 e. The molecule has 2 N–H and O–H groups in total. The normalized spacial score (nSPS) is 10.5. The fourth-order valence-electron chi connectivity index (χ4n) is 1.53. The Bertz CT molecular complexity index is 563. The molecule has 6 heteroatoms. The van der Waals surface area contributed by atoms with Gasteiger partial charge in [0.25, 0.3) is 5.69 Å². The molecule has 17 heavy (non-hydrogen) atoms. The maximum atomic E-state index is 10.7. The molecule has 0 unspecified atom stereocenters. The van der Waals surface area contributed by atoms with Gasteiger partial charge in [-0.15, -0.1) is 0 Å². The number of hydrogen-bond donors (Lipinski definition) is 1. The van der Waals surface area contributed by atoms with Crippen LogP contribution in [0, 0.1) is 17.0 Å². The van der Waals surface area contributed by atoms with Crippen LogP contribution in [-0.2, 0) is 6.54 Å². The third kappa shape index (κ3) is 2.16. The van der Waals surface area contributed by atoms with Gasteiger partial charge in [0.1, 0.15) is 6.26 Å². The van der Waals surface area contributed by atoms with E-state index >= 15 is 0 Å². The maximum Gasteiger partial charge on any atom is 0.272 e. The molecule has 0 radical (unpaired) electrons. The van der Waals surface area contributed by atoms with E-state index in [2.05, 4.69) is 4.98 Å². The zero-order valence-corrected chi connectivity index (χ0v) is 9.21. The Morgan fingerprint density at radius 1 is 1.53 bits per heavy atom. The maximum absolute atomic E-state index is 10.7. The van der Waals surface area contributed by atoms with E-state index in [-0.39, 0.29) is 5.69 Å². The van der Waals surface area contributed by atoms with E-state index in [1.807, 2.05) is 0 Å². The summed E-state index contributed by atoms with van der Waals surface area (Å²) in [4.78, 5) is 14.4. The first-order valence-corrected chi connectivity index (χ1v) is 5.01. The van der Waals surface area contributed by atoms with Crippen LogP contribution in [0.15, 0.2) is 28.9 Å². The predicted molar refractivity (Wildman–Crippen MR) is 61.2 cm³/mol. The third-order valence-electron chi connectivity index (χ3n) is 2.40. The Labute approximate surface area is 97.2 Å². The van der Waals surface area contributed by atoms with E-state index in [1.165, 1.54) is 12.3 Å². The molecule has 0 spiro atoms. The van der Waals surface area contributed by atoms with Crippen LogP contribution in [0.2, 0.25) is 0 Å². The van der Waals surface area contributed by atoms with Gasteiger partial charge in [-0.3, -0.25) is 10.1 Å². The minimum atomic E-state index is -0.417. The van der Waals surface area contributed by atoms with E-state index in [9.17, 15) is 10.1 Å². The summed E-state index contributed by atoms with van der Waals surface area (Å²) in [5, 5.41) is 10.7. The van der Waals surface area contributed by atoms with Gasteiger partial charge < -0.3 is 10.2 Å². The molecule has 0 aliphatic carbocycles. The summed E-state index contributed by atoms with van der Waals surface area (Å²) in [6, 6.07) is 4.72. The van der Waals surface area contributed by atoms with E-state index in [4.69, 9.17) is 10.2 Å². The molecule has 1 heterocycles. The van der Waals surface area contributed by atoms with Gasteiger partial charge in [0.15, 0.2) is 0 Å². The third-order valence-corrected chi connectivity index (χ3v) is 2.40. The van der Waals surface area contributed by atoms with Gasteiger partial charge in [0.2, 0.25) is 5.89 Å². The minimum Gasteiger partial charge on any atom is -0.444 e. The number of benzene rings is 1. The molecule has 0 saturated carbocycles. The average Bonchev–Trinajstić information content (AvgIpc) is 2.76. The predicted octanol–water partition coefficient (Wildman–Crippen LogP) is 2.02. The molecule has 88 valence electrons. The number of aryl methyl sites for hydroxylation is 1. The second-order valence-electron chi connectivity index (χ2n) is 3.61. The zero-order chi connectivity index (χ0) is 12.4. The Hall–Kier alpha value is -2.21. The smallest absolute Gasteiger partial charge is 0.272 e. The number of hydrogen-bond acceptors (Lipinski definition) is 5. The topological polar surface area (TPSA) is 95.2 Å². The van der Waals surface area contributed by atoms with Crippen LogP contribution < -0.4 is 5.73 Å². The Kier molecular flexibility index (Phi) is 2.88. The highest BCUT2D eigenvalue weighted by Crippen LogP contribution is 2.25. The van der Waals surface area contributed by atoms with Crippen molar-refractivity contribution in [3.63, 3.8) is 0 Å². The van der Waals surface area contributed by atoms with Crippen LogP contribution in [0.5, 0.6) is 0 Å². The summed E-state index contributed by atoms with van der Waals surface area (Å²) in [5.74, 6) is 0.420. The molecule has 2 rings (SSSR count). The summed E-state index contributed by atoms with van der Waals surface area (Å²) >= 11 is 0. The van der Waals surface area contributed by atoms with Crippen LogP contribution in [0.1, 0.15) is 11.3 Å². The van der Waals surface area contributed by atoms with Gasteiger partial charge in [-0.1, -0.05) is 0 Å². The van der Waals surface area contributed by atoms with Gasteiger partial charge in [-0.05, 0) is 19.1 Å². The van der Waals surface area contributed by atoms with Crippen molar-refractivity contribution in [1.29, 1.82) is 0 Å². The lowest BCUT2D eigenvalue weighted by molar-refractivity contribution is -0.385. The van der Waals surface area contributed by atoms with Crippen molar-refractivity contribution in [1.82, 2.24) is 4.98 Å². The Morgan fingerprint density at radius 2 is 2.29 bits per heavy atom. The number of nitro benzene ring substituents is 1. The van der Waals surface area contributed by atoms with Gasteiger partial charge in [-0.25, -0.2) is 4.98 Å². The summed E-state index contributed by atoms with van der Waals surface area (Å²) in [7, 11) is 0. The molecule has 0 bridgehead atoms. The summed E-state index contributed by atoms with van der Waals surface area (Å²) < 4.78 is 5.24. The molecule has 6 nitrogen and oxygen atoms in total. The molecule has 0 amide bonds. The second kappa shape index (κ2) is 4.34. The molecule has 2 aromatic rings. The van der Waals surface area contributed by atoms with E-state index in [1.54, 1.807) is 19.1 Å². The number of rotatable bonds is 3. The van der Waals surface area contributed by atoms with Crippen LogP contribution in [-0.4, -0.2) is 9.91 Å². The van der Waals surface area contributed by atoms with Crippen molar-refractivity contribution in [3.8, 4) is 11.5 Å². The van der Waals surface area contributed by atoms with Crippen LogP contribution in [0.3, 0.4) is 0 Å². The average molecular weight is 233 g/mol. The van der Waals surface area contributed by atoms with Gasteiger partial charge >= 0.3 is 0 Å². The fourth-order valence-corrected chi connectivity index (χ4v) is 1.53. The van der Waals surface area contributed by atoms with Crippen molar-refractivity contribution in [3.05, 3.63) is 45.8 Å². The molecular formula is C11H11N3O3. The lowest BCUT2D eigenvalue weighted by Gasteiger charge is -1.99. The highest BCUT2D eigenvalue weighted by Gasteiger charge is 2.13. The van der Waals surface area contributed by atoms with Crippen LogP contribution in [0.25, 0.3) is 11.5 Å². The van der Waals surface area contributed by atoms with E-state index in [0.717, 1.165) is 0 Å². The fraction of sp³-hybridized carbons (Fsp3) is 0.182. The van der Waals surface area contributed by atoms with Crippen LogP contribution >= 0.6 is 0 Å². The van der Waals surface area contributed by atoms with Gasteiger partial charge in [0, 0.05) is 23.7 Å². The van der Waals surface area contributed by atoms with E-state index in [0.29, 0.717) is 29.3 Å². The minimum absolute atomic E-state index is 0.0827. The summed E-state index contributed by atoms with van der Waals surface area (Å²) in [6.07, 6.45) is 1.48. The molecule has 0 aliphatic rings. The number of nitro groups is 1. The monoisotopic (exact) mass is 233 g/mol. The summed E-state index contributed by atoms with van der Waals surface area (Å²) in [5.41, 5.74) is 7.43. The first-order chi connectivity index (χ1) is 8.11. The van der Waals surface area contributed by atoms with Crippen molar-refractivity contribution >= 4 is 5.69 Å². The molecule has 1 aromatic carbocycles. The Morgan fingerprint density at radius 3 is 2.82 bits per heavy atom. The quantitative estimate of drug-likeness (QED) is 0.646. The Balaban J connectivity index is 2.40. The standard InChI is InChI=1S/C11H11N3O3/c1-7-4-8(2-3-10(7)14(15)16)11-13-9(5-12)6-17-11/h2-4,6H,5,12H2,1H3. The van der Waals surface area contributed by atoms with Crippen molar-refractivity contribution in [2.24, 2.45) is 5.73 Å². The molecular weight excluding hydrogens is 222 g/mol. The van der Waals surface area contributed by atoms with Crippen molar-refractivity contribution in [2.75, 3.05) is 0 Å². The lowest BCUT2D eigenvalue weighted by Crippen LogP contribution is -1.96. The number of oxazole rings is 1. The molecule has 0 aliphatic heterocycles. The van der Waals surface area contributed by atoms with Crippen molar-refractivity contribution in [2.45, 2.75) is 13.5 Å². The molecule has 0 fully saturated rings.